The molecule has 2 nitrogen and oxygen atoms in total. The molecule has 0 bridgehead atoms. The molecule has 134 valence electrons. The first kappa shape index (κ1) is 18.3. The van der Waals surface area contributed by atoms with Gasteiger partial charge in [0.25, 0.3) is 0 Å². The van der Waals surface area contributed by atoms with Crippen molar-refractivity contribution < 1.29 is 13.9 Å². The Labute approximate surface area is 158 Å². The molecule has 0 radical (unpaired) electrons. The van der Waals surface area contributed by atoms with Crippen molar-refractivity contribution in [3.63, 3.8) is 0 Å². The van der Waals surface area contributed by atoms with Crippen LogP contribution >= 0.6 is 11.6 Å². The fourth-order valence-corrected chi connectivity index (χ4v) is 2.86. The van der Waals surface area contributed by atoms with E-state index in [1.807, 2.05) is 62.4 Å². The monoisotopic (exact) mass is 370 g/mol. The van der Waals surface area contributed by atoms with Gasteiger partial charge in [0.1, 0.15) is 29.2 Å². The van der Waals surface area contributed by atoms with Gasteiger partial charge in [0.15, 0.2) is 0 Å². The summed E-state index contributed by atoms with van der Waals surface area (Å²) in [5, 5.41) is 0.533. The van der Waals surface area contributed by atoms with Gasteiger partial charge in [-0.3, -0.25) is 0 Å². The second-order valence-corrected chi connectivity index (χ2v) is 6.72. The number of para-hydroxylation sites is 2. The van der Waals surface area contributed by atoms with Crippen LogP contribution in [-0.4, -0.2) is 0 Å². The van der Waals surface area contributed by atoms with E-state index in [0.29, 0.717) is 22.3 Å². The third-order valence-electron chi connectivity index (χ3n) is 3.95. The second kappa shape index (κ2) is 8.24. The maximum Gasteiger partial charge on any atom is 0.138 e. The van der Waals surface area contributed by atoms with Gasteiger partial charge in [-0.05, 0) is 42.3 Å². The molecular weight excluding hydrogens is 351 g/mol. The van der Waals surface area contributed by atoms with Crippen molar-refractivity contribution in [1.82, 2.24) is 0 Å². The Morgan fingerprint density at radius 3 is 2.23 bits per heavy atom. The summed E-state index contributed by atoms with van der Waals surface area (Å²) in [6.07, 6.45) is -0.339. The van der Waals surface area contributed by atoms with E-state index < -0.39 is 0 Å². The first-order valence-corrected chi connectivity index (χ1v) is 8.86. The smallest absolute Gasteiger partial charge is 0.138 e. The summed E-state index contributed by atoms with van der Waals surface area (Å²) in [4.78, 5) is 0. The number of halogens is 2. The SMILES string of the molecule is CC(C)[C@H](Oc1ccccc1Cl)c1ccc(F)cc1Oc1ccccc1. The van der Waals surface area contributed by atoms with Crippen LogP contribution in [0.1, 0.15) is 25.5 Å². The lowest BCUT2D eigenvalue weighted by molar-refractivity contribution is 0.151. The zero-order valence-corrected chi connectivity index (χ0v) is 15.4. The van der Waals surface area contributed by atoms with E-state index in [1.54, 1.807) is 12.1 Å². The van der Waals surface area contributed by atoms with Gasteiger partial charge >= 0.3 is 0 Å². The molecule has 0 heterocycles. The number of ether oxygens (including phenoxy) is 2. The molecule has 3 aromatic carbocycles. The van der Waals surface area contributed by atoms with Crippen LogP contribution in [0.15, 0.2) is 72.8 Å². The van der Waals surface area contributed by atoms with Gasteiger partial charge in [-0.2, -0.15) is 0 Å². The zero-order chi connectivity index (χ0) is 18.5. The van der Waals surface area contributed by atoms with Crippen LogP contribution in [0.3, 0.4) is 0 Å². The fraction of sp³-hybridized carbons (Fsp3) is 0.182. The molecule has 0 aliphatic carbocycles. The Balaban J connectivity index is 1.97. The van der Waals surface area contributed by atoms with Crippen molar-refractivity contribution in [3.05, 3.63) is 89.2 Å². The molecule has 0 aromatic heterocycles. The highest BCUT2D eigenvalue weighted by molar-refractivity contribution is 6.32. The summed E-state index contributed by atoms with van der Waals surface area (Å²) in [7, 11) is 0. The van der Waals surface area contributed by atoms with Crippen LogP contribution in [0.2, 0.25) is 5.02 Å². The van der Waals surface area contributed by atoms with Crippen LogP contribution in [0.25, 0.3) is 0 Å². The Hall–Kier alpha value is -2.52. The van der Waals surface area contributed by atoms with Gasteiger partial charge in [-0.25, -0.2) is 4.39 Å². The molecular formula is C22H20ClFO2. The molecule has 0 saturated carbocycles. The van der Waals surface area contributed by atoms with E-state index in [-0.39, 0.29) is 17.8 Å². The summed E-state index contributed by atoms with van der Waals surface area (Å²) >= 11 is 6.24. The molecule has 0 spiro atoms. The third-order valence-corrected chi connectivity index (χ3v) is 4.26. The van der Waals surface area contributed by atoms with Crippen LogP contribution in [-0.2, 0) is 0 Å². The van der Waals surface area contributed by atoms with Crippen molar-refractivity contribution in [2.75, 3.05) is 0 Å². The van der Waals surface area contributed by atoms with E-state index >= 15 is 0 Å². The van der Waals surface area contributed by atoms with E-state index in [0.717, 1.165) is 5.56 Å². The molecule has 4 heteroatoms. The molecule has 0 unspecified atom stereocenters. The Morgan fingerprint density at radius 1 is 0.846 bits per heavy atom. The van der Waals surface area contributed by atoms with E-state index in [4.69, 9.17) is 21.1 Å². The molecule has 0 amide bonds. The lowest BCUT2D eigenvalue weighted by atomic mass is 9.97. The van der Waals surface area contributed by atoms with Crippen LogP contribution in [0.4, 0.5) is 4.39 Å². The average Bonchev–Trinajstić information content (AvgIpc) is 2.62. The van der Waals surface area contributed by atoms with Crippen molar-refractivity contribution in [1.29, 1.82) is 0 Å². The van der Waals surface area contributed by atoms with E-state index in [9.17, 15) is 4.39 Å². The molecule has 0 saturated heterocycles. The molecule has 0 N–H and O–H groups in total. The van der Waals surface area contributed by atoms with Gasteiger partial charge in [0, 0.05) is 11.6 Å². The Bertz CT molecular complexity index is 865. The maximum absolute atomic E-state index is 13.9. The number of hydrogen-bond acceptors (Lipinski definition) is 2. The number of rotatable bonds is 6. The van der Waals surface area contributed by atoms with Gasteiger partial charge in [0.05, 0.1) is 5.02 Å². The highest BCUT2D eigenvalue weighted by Crippen LogP contribution is 2.38. The highest BCUT2D eigenvalue weighted by Gasteiger charge is 2.23. The summed E-state index contributed by atoms with van der Waals surface area (Å²) in [6.45, 7) is 4.08. The van der Waals surface area contributed by atoms with Crippen molar-refractivity contribution >= 4 is 11.6 Å². The van der Waals surface area contributed by atoms with Crippen molar-refractivity contribution in [2.24, 2.45) is 5.92 Å². The van der Waals surface area contributed by atoms with E-state index in [2.05, 4.69) is 0 Å². The maximum atomic E-state index is 13.9. The predicted octanol–water partition coefficient (Wildman–Crippen LogP) is 7.05. The van der Waals surface area contributed by atoms with E-state index in [1.165, 1.54) is 12.1 Å². The summed E-state index contributed by atoms with van der Waals surface area (Å²) in [5.74, 6) is 1.42. The largest absolute Gasteiger partial charge is 0.484 e. The third kappa shape index (κ3) is 4.36. The lowest BCUT2D eigenvalue weighted by Gasteiger charge is -2.25. The van der Waals surface area contributed by atoms with Gasteiger partial charge in [0.2, 0.25) is 0 Å². The number of hydrogen-bond donors (Lipinski definition) is 0. The van der Waals surface area contributed by atoms with Crippen LogP contribution in [0, 0.1) is 11.7 Å². The average molecular weight is 371 g/mol. The minimum absolute atomic E-state index is 0.120. The highest BCUT2D eigenvalue weighted by atomic mass is 35.5. The molecule has 0 fully saturated rings. The van der Waals surface area contributed by atoms with Crippen LogP contribution < -0.4 is 9.47 Å². The zero-order valence-electron chi connectivity index (χ0n) is 14.7. The molecule has 3 rings (SSSR count). The van der Waals surface area contributed by atoms with Crippen LogP contribution in [0.5, 0.6) is 17.2 Å². The van der Waals surface area contributed by atoms with Crippen molar-refractivity contribution in [2.45, 2.75) is 20.0 Å². The molecule has 0 aliphatic heterocycles. The normalized spacial score (nSPS) is 12.0. The summed E-state index contributed by atoms with van der Waals surface area (Å²) in [6, 6.07) is 21.1. The van der Waals surface area contributed by atoms with Gasteiger partial charge < -0.3 is 9.47 Å². The van der Waals surface area contributed by atoms with Crippen molar-refractivity contribution in [3.8, 4) is 17.2 Å². The predicted molar refractivity (Wildman–Crippen MR) is 103 cm³/mol. The quantitative estimate of drug-likeness (QED) is 0.463. The molecule has 0 aliphatic rings. The minimum atomic E-state index is -0.361. The first-order chi connectivity index (χ1) is 12.5. The minimum Gasteiger partial charge on any atom is -0.484 e. The topological polar surface area (TPSA) is 18.5 Å². The standard InChI is InChI=1S/C22H20ClFO2/c1-15(2)22(26-20-11-7-6-10-19(20)23)18-13-12-16(24)14-21(18)25-17-8-4-3-5-9-17/h3-15,22H,1-2H3/t22-/m0/s1. The second-order valence-electron chi connectivity index (χ2n) is 6.31. The molecule has 26 heavy (non-hydrogen) atoms. The lowest BCUT2D eigenvalue weighted by Crippen LogP contribution is -2.15. The fourth-order valence-electron chi connectivity index (χ4n) is 2.68. The molecule has 3 aromatic rings. The first-order valence-electron chi connectivity index (χ1n) is 8.48. The summed E-state index contributed by atoms with van der Waals surface area (Å²) < 4.78 is 26.0. The summed E-state index contributed by atoms with van der Waals surface area (Å²) in [5.41, 5.74) is 0.769. The van der Waals surface area contributed by atoms with Gasteiger partial charge in [-0.15, -0.1) is 0 Å². The van der Waals surface area contributed by atoms with Gasteiger partial charge in [-0.1, -0.05) is 55.8 Å². The molecule has 1 atom stereocenters. The number of benzene rings is 3. The Morgan fingerprint density at radius 2 is 1.54 bits per heavy atom. The Kier molecular flexibility index (Phi) is 5.79.